The number of nitrogens with zero attached hydrogens (tertiary/aromatic N) is 4. The zero-order valence-electron chi connectivity index (χ0n) is 19.4. The first-order chi connectivity index (χ1) is 16.7. The van der Waals surface area contributed by atoms with Crippen molar-refractivity contribution in [2.45, 2.75) is 40.0 Å². The van der Waals surface area contributed by atoms with E-state index in [1.54, 1.807) is 13.0 Å². The molecule has 1 aliphatic rings. The molecule has 0 fully saturated rings. The minimum absolute atomic E-state index is 0.104. The Bertz CT molecular complexity index is 1420. The smallest absolute Gasteiger partial charge is 0.258 e. The van der Waals surface area contributed by atoms with Crippen molar-refractivity contribution >= 4 is 28.5 Å². The normalized spacial score (nSPS) is 12.9. The van der Waals surface area contributed by atoms with Crippen LogP contribution in [0.3, 0.4) is 0 Å². The molecule has 0 atom stereocenters. The molecule has 0 aliphatic heterocycles. The highest BCUT2D eigenvalue weighted by atomic mass is 16.6. The van der Waals surface area contributed by atoms with Crippen molar-refractivity contribution < 1.29 is 14.8 Å². The molecular weight excluding hydrogens is 452 g/mol. The lowest BCUT2D eigenvalue weighted by Crippen LogP contribution is -2.03. The topological polar surface area (TPSA) is 142 Å². The zero-order chi connectivity index (χ0) is 25.4. The van der Waals surface area contributed by atoms with Gasteiger partial charge in [-0.1, -0.05) is 39.0 Å². The second-order valence-electron chi connectivity index (χ2n) is 8.13. The van der Waals surface area contributed by atoms with Crippen LogP contribution in [0.15, 0.2) is 47.5 Å². The second-order valence-corrected chi connectivity index (χ2v) is 8.13. The third-order valence-electron chi connectivity index (χ3n) is 6.27. The van der Waals surface area contributed by atoms with Crippen LogP contribution >= 0.6 is 0 Å². The number of aliphatic imine (C=N–C) groups is 1. The summed E-state index contributed by atoms with van der Waals surface area (Å²) < 4.78 is 0. The van der Waals surface area contributed by atoms with Crippen molar-refractivity contribution in [3.8, 4) is 11.1 Å². The Morgan fingerprint density at radius 3 is 1.80 bits per heavy atom. The number of para-hydroxylation sites is 1. The molecule has 0 saturated heterocycles. The molecule has 3 aromatic rings. The fourth-order valence-electron chi connectivity index (χ4n) is 4.56. The quantitative estimate of drug-likeness (QED) is 0.229. The van der Waals surface area contributed by atoms with E-state index in [4.69, 9.17) is 4.99 Å². The van der Waals surface area contributed by atoms with Gasteiger partial charge in [-0.05, 0) is 36.5 Å². The number of hydrogen-bond acceptors (Lipinski definition) is 7. The van der Waals surface area contributed by atoms with Gasteiger partial charge >= 0.3 is 0 Å². The Morgan fingerprint density at radius 1 is 0.686 bits per heavy atom. The molecule has 10 heteroatoms. The largest absolute Gasteiger partial charge is 0.284 e. The summed E-state index contributed by atoms with van der Waals surface area (Å²) in [5.74, 6) is 0. The maximum Gasteiger partial charge on any atom is 0.284 e. The van der Waals surface area contributed by atoms with Gasteiger partial charge in [0.05, 0.1) is 37.8 Å². The molecule has 10 nitrogen and oxygen atoms in total. The number of benzene rings is 3. The average molecular weight is 474 g/mol. The fourth-order valence-corrected chi connectivity index (χ4v) is 4.56. The number of fused-ring (bicyclic) bond motifs is 3. The number of nitro benzene ring substituents is 3. The molecule has 0 heterocycles. The molecule has 0 spiro atoms. The molecule has 0 saturated carbocycles. The summed E-state index contributed by atoms with van der Waals surface area (Å²) in [5, 5.41) is 35.3. The van der Waals surface area contributed by atoms with E-state index in [2.05, 4.69) is 0 Å². The van der Waals surface area contributed by atoms with E-state index in [1.807, 2.05) is 32.0 Å². The summed E-state index contributed by atoms with van der Waals surface area (Å²) in [4.78, 5) is 38.3. The number of hydrogen-bond donors (Lipinski definition) is 0. The van der Waals surface area contributed by atoms with E-state index in [9.17, 15) is 30.3 Å². The van der Waals surface area contributed by atoms with Crippen LogP contribution in [0.5, 0.6) is 0 Å². The highest BCUT2D eigenvalue weighted by Gasteiger charge is 2.37. The minimum atomic E-state index is -0.699. The van der Waals surface area contributed by atoms with Gasteiger partial charge in [-0.15, -0.1) is 0 Å². The van der Waals surface area contributed by atoms with E-state index >= 15 is 0 Å². The molecule has 178 valence electrons. The zero-order valence-corrected chi connectivity index (χ0v) is 19.4. The lowest BCUT2D eigenvalue weighted by atomic mass is 9.99. The van der Waals surface area contributed by atoms with Crippen LogP contribution in [-0.4, -0.2) is 20.5 Å². The van der Waals surface area contributed by atoms with Crippen LogP contribution in [0.25, 0.3) is 11.1 Å². The highest BCUT2D eigenvalue weighted by Crippen LogP contribution is 2.47. The Kier molecular flexibility index (Phi) is 6.12. The summed E-state index contributed by atoms with van der Waals surface area (Å²) in [6.45, 7) is 5.76. The fraction of sp³-hybridized carbons (Fsp3) is 0.240. The first-order valence-electron chi connectivity index (χ1n) is 11.2. The van der Waals surface area contributed by atoms with E-state index in [-0.39, 0.29) is 22.4 Å². The van der Waals surface area contributed by atoms with Gasteiger partial charge in [0.1, 0.15) is 0 Å². The minimum Gasteiger partial charge on any atom is -0.258 e. The van der Waals surface area contributed by atoms with Crippen LogP contribution in [-0.2, 0) is 19.3 Å². The molecule has 4 rings (SSSR count). The van der Waals surface area contributed by atoms with Crippen LogP contribution in [0.1, 0.15) is 48.6 Å². The highest BCUT2D eigenvalue weighted by molar-refractivity contribution is 6.27. The molecule has 0 N–H and O–H groups in total. The number of non-ortho nitro benzene ring substituents is 1. The molecule has 1 aliphatic carbocycles. The monoisotopic (exact) mass is 474 g/mol. The molecular formula is C25H22N4O6. The van der Waals surface area contributed by atoms with Gasteiger partial charge < -0.3 is 0 Å². The number of aryl methyl sites for hydroxylation is 3. The molecule has 0 amide bonds. The Hall–Kier alpha value is -4.47. The van der Waals surface area contributed by atoms with E-state index in [1.165, 1.54) is 12.1 Å². The summed E-state index contributed by atoms with van der Waals surface area (Å²) in [6.07, 6.45) is 1.74. The molecule has 0 radical (unpaired) electrons. The van der Waals surface area contributed by atoms with Crippen molar-refractivity contribution in [3.63, 3.8) is 0 Å². The SMILES string of the molecule is CCc1cc2c(cc1[N+](=O)[O-])-c1c(cc([N+](=O)[O-])cc1[N+](=O)[O-])C2=Nc1c(CC)cccc1CC. The molecule has 0 bridgehead atoms. The Labute approximate surface area is 200 Å². The molecule has 35 heavy (non-hydrogen) atoms. The van der Waals surface area contributed by atoms with Crippen LogP contribution in [0.4, 0.5) is 22.7 Å². The maximum absolute atomic E-state index is 12.0. The molecule has 0 aromatic heterocycles. The van der Waals surface area contributed by atoms with E-state index < -0.39 is 26.1 Å². The van der Waals surface area contributed by atoms with Crippen molar-refractivity contribution in [2.24, 2.45) is 4.99 Å². The Morgan fingerprint density at radius 2 is 1.29 bits per heavy atom. The first kappa shape index (κ1) is 23.7. The van der Waals surface area contributed by atoms with Gasteiger partial charge in [0.15, 0.2) is 0 Å². The van der Waals surface area contributed by atoms with Crippen LogP contribution in [0.2, 0.25) is 0 Å². The van der Waals surface area contributed by atoms with Crippen molar-refractivity contribution in [1.29, 1.82) is 0 Å². The van der Waals surface area contributed by atoms with Crippen molar-refractivity contribution in [1.82, 2.24) is 0 Å². The lowest BCUT2D eigenvalue weighted by molar-refractivity contribution is -0.393. The number of nitro groups is 3. The van der Waals surface area contributed by atoms with Gasteiger partial charge in [-0.2, -0.15) is 0 Å². The van der Waals surface area contributed by atoms with Gasteiger partial charge in [-0.25, -0.2) is 4.99 Å². The summed E-state index contributed by atoms with van der Waals surface area (Å²) in [6, 6.07) is 10.9. The predicted octanol–water partition coefficient (Wildman–Crippen LogP) is 6.25. The van der Waals surface area contributed by atoms with Crippen LogP contribution < -0.4 is 0 Å². The average Bonchev–Trinajstić information content (AvgIpc) is 3.14. The predicted molar refractivity (Wildman–Crippen MR) is 132 cm³/mol. The first-order valence-corrected chi connectivity index (χ1v) is 11.2. The van der Waals surface area contributed by atoms with Gasteiger partial charge in [0.25, 0.3) is 17.1 Å². The van der Waals surface area contributed by atoms with E-state index in [0.717, 1.165) is 17.2 Å². The third kappa shape index (κ3) is 3.92. The van der Waals surface area contributed by atoms with Crippen LogP contribution in [0, 0.1) is 30.3 Å². The number of rotatable bonds is 7. The molecule has 3 aromatic carbocycles. The summed E-state index contributed by atoms with van der Waals surface area (Å²) >= 11 is 0. The van der Waals surface area contributed by atoms with Gasteiger partial charge in [-0.3, -0.25) is 30.3 Å². The second kappa shape index (κ2) is 9.05. The van der Waals surface area contributed by atoms with Gasteiger partial charge in [0, 0.05) is 34.4 Å². The van der Waals surface area contributed by atoms with Crippen molar-refractivity contribution in [3.05, 3.63) is 101 Å². The Balaban J connectivity index is 2.17. The molecule has 0 unspecified atom stereocenters. The summed E-state index contributed by atoms with van der Waals surface area (Å²) in [7, 11) is 0. The van der Waals surface area contributed by atoms with E-state index in [0.29, 0.717) is 41.8 Å². The van der Waals surface area contributed by atoms with Crippen molar-refractivity contribution in [2.75, 3.05) is 0 Å². The standard InChI is InChI=1S/C25H22N4O6/c1-4-14-8-7-9-15(5-2)24(14)26-25-19-10-16(6-3)21(28(32)33)13-18(19)23-20(25)11-17(27(30)31)12-22(23)29(34)35/h7-13H,4-6H2,1-3H3. The lowest BCUT2D eigenvalue weighted by Gasteiger charge is -2.11. The maximum atomic E-state index is 12.0. The summed E-state index contributed by atoms with van der Waals surface area (Å²) in [5.41, 5.74) is 3.41. The third-order valence-corrected chi connectivity index (χ3v) is 6.27. The van der Waals surface area contributed by atoms with Gasteiger partial charge in [0.2, 0.25) is 0 Å².